The third kappa shape index (κ3) is 1.62. The van der Waals surface area contributed by atoms with Gasteiger partial charge in [0.15, 0.2) is 5.78 Å². The number of aromatic hydroxyl groups is 1. The first-order valence-corrected chi connectivity index (χ1v) is 5.59. The number of para-hydroxylation sites is 1. The maximum Gasteiger partial charge on any atom is 0.166 e. The molecule has 0 fully saturated rings. The molecule has 1 aromatic heterocycles. The lowest BCUT2D eigenvalue weighted by molar-refractivity contribution is 0.0964. The number of nitrogens with zero attached hydrogens (tertiary/aromatic N) is 1. The number of rotatable bonds is 1. The lowest BCUT2D eigenvalue weighted by Gasteiger charge is -2.21. The van der Waals surface area contributed by atoms with Crippen LogP contribution in [0.1, 0.15) is 34.0 Å². The van der Waals surface area contributed by atoms with Crippen LogP contribution in [-0.4, -0.2) is 21.1 Å². The van der Waals surface area contributed by atoms with Crippen LogP contribution >= 0.6 is 0 Å². The van der Waals surface area contributed by atoms with E-state index in [1.54, 1.807) is 18.3 Å². The molecule has 2 aromatic rings. The molecule has 4 nitrogen and oxygen atoms in total. The first-order valence-electron chi connectivity index (χ1n) is 5.59. The monoisotopic (exact) mass is 228 g/mol. The Hall–Kier alpha value is -2.10. The smallest absolute Gasteiger partial charge is 0.166 e. The van der Waals surface area contributed by atoms with Crippen LogP contribution in [0.4, 0.5) is 0 Å². The topological polar surface area (TPSA) is 66.0 Å². The van der Waals surface area contributed by atoms with Gasteiger partial charge in [0, 0.05) is 18.0 Å². The van der Waals surface area contributed by atoms with Gasteiger partial charge in [0.05, 0.1) is 11.8 Å². The van der Waals surface area contributed by atoms with Crippen LogP contribution in [0.25, 0.3) is 0 Å². The molecule has 1 heterocycles. The summed E-state index contributed by atoms with van der Waals surface area (Å²) in [4.78, 5) is 11.9. The van der Waals surface area contributed by atoms with Gasteiger partial charge in [-0.05, 0) is 18.1 Å². The van der Waals surface area contributed by atoms with Crippen LogP contribution in [0.2, 0.25) is 0 Å². The normalized spacial score (nSPS) is 19.1. The van der Waals surface area contributed by atoms with Crippen molar-refractivity contribution < 1.29 is 9.90 Å². The van der Waals surface area contributed by atoms with E-state index in [1.165, 1.54) is 0 Å². The molecule has 0 spiro atoms. The van der Waals surface area contributed by atoms with Gasteiger partial charge in [0.2, 0.25) is 0 Å². The molecule has 0 saturated heterocycles. The number of hydrogen-bond donors (Lipinski definition) is 2. The van der Waals surface area contributed by atoms with Gasteiger partial charge in [-0.2, -0.15) is 5.10 Å². The predicted octanol–water partition coefficient (Wildman–Crippen LogP) is 2.03. The highest BCUT2D eigenvalue weighted by Crippen LogP contribution is 2.35. The van der Waals surface area contributed by atoms with Gasteiger partial charge in [-0.25, -0.2) is 0 Å². The zero-order valence-corrected chi connectivity index (χ0v) is 9.18. The Morgan fingerprint density at radius 3 is 2.94 bits per heavy atom. The minimum absolute atomic E-state index is 0.0386. The van der Waals surface area contributed by atoms with E-state index in [9.17, 15) is 9.90 Å². The maximum absolute atomic E-state index is 11.9. The minimum atomic E-state index is 0.0386. The van der Waals surface area contributed by atoms with Gasteiger partial charge in [0.25, 0.3) is 0 Å². The first kappa shape index (κ1) is 10.1. The number of fused-ring (bicyclic) bond motifs is 1. The van der Waals surface area contributed by atoms with Crippen molar-refractivity contribution in [1.82, 2.24) is 10.2 Å². The number of carbonyl (C=O) groups excluding carboxylic acids is 1. The van der Waals surface area contributed by atoms with Crippen molar-refractivity contribution in [1.29, 1.82) is 0 Å². The number of benzene rings is 1. The van der Waals surface area contributed by atoms with E-state index in [0.29, 0.717) is 12.0 Å². The number of carbonyl (C=O) groups is 1. The van der Waals surface area contributed by atoms with Crippen LogP contribution < -0.4 is 0 Å². The summed E-state index contributed by atoms with van der Waals surface area (Å²) in [5.41, 5.74) is 2.40. The Morgan fingerprint density at radius 2 is 2.12 bits per heavy atom. The van der Waals surface area contributed by atoms with Gasteiger partial charge in [-0.1, -0.05) is 18.2 Å². The molecule has 1 aliphatic carbocycles. The molecule has 4 heteroatoms. The highest BCUT2D eigenvalue weighted by Gasteiger charge is 2.28. The summed E-state index contributed by atoms with van der Waals surface area (Å²) in [6.45, 7) is 0. The number of Topliss-reactive ketones (excluding diaryl/α,β-unsaturated/α-hetero) is 1. The quantitative estimate of drug-likeness (QED) is 0.784. The zero-order chi connectivity index (χ0) is 11.8. The second-order valence-electron chi connectivity index (χ2n) is 4.35. The number of ketones is 1. The third-order valence-electron chi connectivity index (χ3n) is 3.28. The third-order valence-corrected chi connectivity index (χ3v) is 3.28. The van der Waals surface area contributed by atoms with Crippen molar-refractivity contribution >= 4 is 5.78 Å². The van der Waals surface area contributed by atoms with Gasteiger partial charge in [-0.15, -0.1) is 0 Å². The average Bonchev–Trinajstić information content (AvgIpc) is 2.78. The van der Waals surface area contributed by atoms with Crippen LogP contribution in [0, 0.1) is 0 Å². The molecule has 0 bridgehead atoms. The number of phenols is 1. The van der Waals surface area contributed by atoms with Gasteiger partial charge in [-0.3, -0.25) is 9.89 Å². The number of aromatic amines is 1. The summed E-state index contributed by atoms with van der Waals surface area (Å²) in [7, 11) is 0. The number of aromatic nitrogens is 2. The van der Waals surface area contributed by atoms with E-state index in [2.05, 4.69) is 10.2 Å². The van der Waals surface area contributed by atoms with Gasteiger partial charge < -0.3 is 5.11 Å². The van der Waals surface area contributed by atoms with E-state index in [0.717, 1.165) is 17.7 Å². The van der Waals surface area contributed by atoms with Crippen molar-refractivity contribution in [3.05, 3.63) is 47.3 Å². The van der Waals surface area contributed by atoms with Crippen LogP contribution in [0.15, 0.2) is 30.5 Å². The molecule has 0 amide bonds. The molecule has 1 aromatic carbocycles. The number of nitrogens with one attached hydrogen (secondary N) is 1. The maximum atomic E-state index is 11.9. The van der Waals surface area contributed by atoms with E-state index in [4.69, 9.17) is 0 Å². The molecule has 0 saturated carbocycles. The molecular formula is C13H12N2O2. The Labute approximate surface area is 98.3 Å². The van der Waals surface area contributed by atoms with Crippen molar-refractivity contribution in [2.75, 3.05) is 0 Å². The summed E-state index contributed by atoms with van der Waals surface area (Å²) in [6.07, 6.45) is 2.74. The van der Waals surface area contributed by atoms with Gasteiger partial charge in [0.1, 0.15) is 5.75 Å². The van der Waals surface area contributed by atoms with E-state index < -0.39 is 0 Å². The molecule has 1 atom stereocenters. The second-order valence-corrected chi connectivity index (χ2v) is 4.35. The first-order chi connectivity index (χ1) is 8.25. The fourth-order valence-corrected chi connectivity index (χ4v) is 2.41. The minimum Gasteiger partial charge on any atom is -0.508 e. The SMILES string of the molecule is O=C1C[C@@H](c2ccccc2O)Cc2[nH]ncc21. The Balaban J connectivity index is 1.99. The van der Waals surface area contributed by atoms with Crippen molar-refractivity contribution in [3.63, 3.8) is 0 Å². The molecule has 1 aliphatic rings. The molecule has 2 N–H and O–H groups in total. The summed E-state index contributed by atoms with van der Waals surface area (Å²) in [5.74, 6) is 0.387. The molecule has 0 radical (unpaired) electrons. The zero-order valence-electron chi connectivity index (χ0n) is 9.18. The van der Waals surface area contributed by atoms with Gasteiger partial charge >= 0.3 is 0 Å². The highest BCUT2D eigenvalue weighted by atomic mass is 16.3. The number of hydrogen-bond acceptors (Lipinski definition) is 3. The molecule has 17 heavy (non-hydrogen) atoms. The molecule has 0 aliphatic heterocycles. The van der Waals surface area contributed by atoms with E-state index in [-0.39, 0.29) is 17.5 Å². The molecule has 3 rings (SSSR count). The fraction of sp³-hybridized carbons (Fsp3) is 0.231. The predicted molar refractivity (Wildman–Crippen MR) is 62.1 cm³/mol. The van der Waals surface area contributed by atoms with E-state index in [1.807, 2.05) is 12.1 Å². The second kappa shape index (κ2) is 3.73. The van der Waals surface area contributed by atoms with Crippen molar-refractivity contribution in [2.45, 2.75) is 18.8 Å². The summed E-state index contributed by atoms with van der Waals surface area (Å²) >= 11 is 0. The molecule has 86 valence electrons. The summed E-state index contributed by atoms with van der Waals surface area (Å²) in [5, 5.41) is 16.6. The Bertz CT molecular complexity index is 574. The van der Waals surface area contributed by atoms with E-state index >= 15 is 0 Å². The molecule has 0 unspecified atom stereocenters. The van der Waals surface area contributed by atoms with Crippen LogP contribution in [0.5, 0.6) is 5.75 Å². The molecular weight excluding hydrogens is 216 g/mol. The number of phenolic OH excluding ortho intramolecular Hbond substituents is 1. The lowest BCUT2D eigenvalue weighted by atomic mass is 9.82. The standard InChI is InChI=1S/C13H12N2O2/c16-12-4-2-1-3-9(12)8-5-11-10(7-14-15-11)13(17)6-8/h1-4,7-8,16H,5-6H2,(H,14,15)/t8-/m0/s1. The highest BCUT2D eigenvalue weighted by molar-refractivity contribution is 5.98. The fourth-order valence-electron chi connectivity index (χ4n) is 2.41. The Morgan fingerprint density at radius 1 is 1.29 bits per heavy atom. The van der Waals surface area contributed by atoms with Crippen LogP contribution in [0.3, 0.4) is 0 Å². The van der Waals surface area contributed by atoms with Crippen molar-refractivity contribution in [3.8, 4) is 5.75 Å². The van der Waals surface area contributed by atoms with Crippen molar-refractivity contribution in [2.24, 2.45) is 0 Å². The summed E-state index contributed by atoms with van der Waals surface area (Å²) < 4.78 is 0. The summed E-state index contributed by atoms with van der Waals surface area (Å²) in [6, 6.07) is 7.18. The lowest BCUT2D eigenvalue weighted by Crippen LogP contribution is -2.18. The largest absolute Gasteiger partial charge is 0.508 e. The van der Waals surface area contributed by atoms with Crippen LogP contribution in [-0.2, 0) is 6.42 Å². The number of H-pyrrole nitrogens is 1. The average molecular weight is 228 g/mol. The Kier molecular flexibility index (Phi) is 2.21.